The molecule has 1 aromatic heterocycles. The molecule has 138 valence electrons. The van der Waals surface area contributed by atoms with E-state index in [0.717, 1.165) is 23.1 Å². The predicted octanol–water partition coefficient (Wildman–Crippen LogP) is 2.17. The molecule has 1 unspecified atom stereocenters. The number of rotatable bonds is 6. The van der Waals surface area contributed by atoms with Crippen LogP contribution in [0.25, 0.3) is 0 Å². The number of carbonyl (C=O) groups is 1. The van der Waals surface area contributed by atoms with Crippen LogP contribution in [0.1, 0.15) is 29.5 Å². The predicted molar refractivity (Wildman–Crippen MR) is 96.7 cm³/mol. The van der Waals surface area contributed by atoms with Crippen molar-refractivity contribution < 1.29 is 14.3 Å². The van der Waals surface area contributed by atoms with Gasteiger partial charge in [0, 0.05) is 38.6 Å². The van der Waals surface area contributed by atoms with Crippen LogP contribution in [0.2, 0.25) is 0 Å². The Labute approximate surface area is 152 Å². The van der Waals surface area contributed by atoms with Crippen molar-refractivity contribution in [2.45, 2.75) is 38.5 Å². The standard InChI is InChI=1S/C20H24FN3O2/c1-15-11-22-9-7-17(15)12-23-14-20(26)8-2-10-24(19(20)25)13-16-3-5-18(21)6-4-16/h3-7,9,11,23,26H,2,8,10,12-14H2,1H3. The third kappa shape index (κ3) is 4.26. The second-order valence-electron chi connectivity index (χ2n) is 6.89. The minimum atomic E-state index is -1.40. The quantitative estimate of drug-likeness (QED) is 0.832. The zero-order valence-corrected chi connectivity index (χ0v) is 14.9. The number of likely N-dealkylation sites (tertiary alicyclic amines) is 1. The van der Waals surface area contributed by atoms with Crippen LogP contribution < -0.4 is 5.32 Å². The molecule has 1 fully saturated rings. The molecule has 6 heteroatoms. The van der Waals surface area contributed by atoms with Crippen molar-refractivity contribution in [1.82, 2.24) is 15.2 Å². The molecule has 1 aromatic carbocycles. The topological polar surface area (TPSA) is 65.5 Å². The molecule has 5 nitrogen and oxygen atoms in total. The highest BCUT2D eigenvalue weighted by atomic mass is 19.1. The first-order valence-electron chi connectivity index (χ1n) is 8.84. The summed E-state index contributed by atoms with van der Waals surface area (Å²) in [7, 11) is 0. The Morgan fingerprint density at radius 2 is 2.08 bits per heavy atom. The third-order valence-corrected chi connectivity index (χ3v) is 4.86. The smallest absolute Gasteiger partial charge is 0.256 e. The molecule has 1 saturated heterocycles. The monoisotopic (exact) mass is 357 g/mol. The first kappa shape index (κ1) is 18.5. The van der Waals surface area contributed by atoms with E-state index < -0.39 is 5.60 Å². The number of benzene rings is 1. The number of amides is 1. The minimum absolute atomic E-state index is 0.202. The van der Waals surface area contributed by atoms with Gasteiger partial charge in [-0.3, -0.25) is 9.78 Å². The van der Waals surface area contributed by atoms with Gasteiger partial charge < -0.3 is 15.3 Å². The first-order chi connectivity index (χ1) is 12.5. The van der Waals surface area contributed by atoms with E-state index in [1.165, 1.54) is 12.1 Å². The number of pyridine rings is 1. The molecule has 0 radical (unpaired) electrons. The number of carbonyl (C=O) groups excluding carboxylic acids is 1. The lowest BCUT2D eigenvalue weighted by atomic mass is 9.91. The lowest BCUT2D eigenvalue weighted by molar-refractivity contribution is -0.157. The summed E-state index contributed by atoms with van der Waals surface area (Å²) >= 11 is 0. The molecule has 26 heavy (non-hydrogen) atoms. The Bertz CT molecular complexity index is 766. The Morgan fingerprint density at radius 3 is 2.81 bits per heavy atom. The number of halogens is 1. The first-order valence-corrected chi connectivity index (χ1v) is 8.84. The fourth-order valence-corrected chi connectivity index (χ4v) is 3.29. The van der Waals surface area contributed by atoms with Gasteiger partial charge in [0.05, 0.1) is 0 Å². The van der Waals surface area contributed by atoms with E-state index in [0.29, 0.717) is 26.1 Å². The van der Waals surface area contributed by atoms with Crippen molar-refractivity contribution in [3.63, 3.8) is 0 Å². The van der Waals surface area contributed by atoms with E-state index >= 15 is 0 Å². The minimum Gasteiger partial charge on any atom is -0.379 e. The molecule has 1 aliphatic heterocycles. The molecule has 2 aromatic rings. The van der Waals surface area contributed by atoms with Gasteiger partial charge in [-0.05, 0) is 54.7 Å². The number of aryl methyl sites for hydroxylation is 1. The second kappa shape index (κ2) is 7.93. The molecule has 2 N–H and O–H groups in total. The molecule has 1 amide bonds. The Kier molecular flexibility index (Phi) is 5.64. The van der Waals surface area contributed by atoms with Crippen LogP contribution in [0.15, 0.2) is 42.7 Å². The van der Waals surface area contributed by atoms with Gasteiger partial charge in [0.2, 0.25) is 0 Å². The summed E-state index contributed by atoms with van der Waals surface area (Å²) in [5.41, 5.74) is 1.61. The number of piperidine rings is 1. The second-order valence-corrected chi connectivity index (χ2v) is 6.89. The molecule has 0 spiro atoms. The SMILES string of the molecule is Cc1cnccc1CNCC1(O)CCCN(Cc2ccc(F)cc2)C1=O. The van der Waals surface area contributed by atoms with Crippen LogP contribution in [0.3, 0.4) is 0 Å². The van der Waals surface area contributed by atoms with Gasteiger partial charge in [0.1, 0.15) is 5.82 Å². The highest BCUT2D eigenvalue weighted by Crippen LogP contribution is 2.24. The molecule has 1 atom stereocenters. The number of nitrogens with zero attached hydrogens (tertiary/aromatic N) is 2. The molecule has 0 saturated carbocycles. The van der Waals surface area contributed by atoms with Gasteiger partial charge >= 0.3 is 0 Å². The maximum absolute atomic E-state index is 13.0. The van der Waals surface area contributed by atoms with Gasteiger partial charge in [-0.2, -0.15) is 0 Å². The summed E-state index contributed by atoms with van der Waals surface area (Å²) in [4.78, 5) is 18.5. The Morgan fingerprint density at radius 1 is 1.31 bits per heavy atom. The summed E-state index contributed by atoms with van der Waals surface area (Å²) in [5, 5.41) is 14.1. The van der Waals surface area contributed by atoms with Crippen LogP contribution in [-0.2, 0) is 17.9 Å². The number of nitrogens with one attached hydrogen (secondary N) is 1. The summed E-state index contributed by atoms with van der Waals surface area (Å²) in [6.45, 7) is 3.73. The maximum Gasteiger partial charge on any atom is 0.256 e. The lowest BCUT2D eigenvalue weighted by Gasteiger charge is -2.38. The molecule has 1 aliphatic rings. The van der Waals surface area contributed by atoms with Gasteiger partial charge in [0.15, 0.2) is 5.60 Å². The molecule has 2 heterocycles. The van der Waals surface area contributed by atoms with Crippen LogP contribution >= 0.6 is 0 Å². The van der Waals surface area contributed by atoms with E-state index in [1.54, 1.807) is 29.4 Å². The van der Waals surface area contributed by atoms with Gasteiger partial charge in [-0.1, -0.05) is 12.1 Å². The van der Waals surface area contributed by atoms with Crippen molar-refractivity contribution in [2.75, 3.05) is 13.1 Å². The maximum atomic E-state index is 13.0. The zero-order chi connectivity index (χ0) is 18.6. The van der Waals surface area contributed by atoms with Crippen molar-refractivity contribution in [1.29, 1.82) is 0 Å². The average molecular weight is 357 g/mol. The molecule has 3 rings (SSSR count). The van der Waals surface area contributed by atoms with Crippen LogP contribution in [0.4, 0.5) is 4.39 Å². The normalized spacial score (nSPS) is 20.4. The number of hydrogen-bond acceptors (Lipinski definition) is 4. The number of aliphatic hydroxyl groups is 1. The Balaban J connectivity index is 1.60. The van der Waals surface area contributed by atoms with Crippen molar-refractivity contribution >= 4 is 5.91 Å². The zero-order valence-electron chi connectivity index (χ0n) is 14.9. The summed E-state index contributed by atoms with van der Waals surface area (Å²) in [6, 6.07) is 8.03. The van der Waals surface area contributed by atoms with E-state index in [4.69, 9.17) is 0 Å². The fraction of sp³-hybridized carbons (Fsp3) is 0.400. The molecular formula is C20H24FN3O2. The molecule has 0 aliphatic carbocycles. The third-order valence-electron chi connectivity index (χ3n) is 4.86. The van der Waals surface area contributed by atoms with E-state index in [1.807, 2.05) is 13.0 Å². The van der Waals surface area contributed by atoms with Crippen molar-refractivity contribution in [3.8, 4) is 0 Å². The van der Waals surface area contributed by atoms with Crippen LogP contribution in [-0.4, -0.2) is 39.6 Å². The van der Waals surface area contributed by atoms with Gasteiger partial charge in [-0.25, -0.2) is 4.39 Å². The lowest BCUT2D eigenvalue weighted by Crippen LogP contribution is -2.57. The average Bonchev–Trinajstić information content (AvgIpc) is 2.63. The molecular weight excluding hydrogens is 333 g/mol. The van der Waals surface area contributed by atoms with Gasteiger partial charge in [0.25, 0.3) is 5.91 Å². The van der Waals surface area contributed by atoms with Crippen molar-refractivity contribution in [3.05, 3.63) is 65.2 Å². The van der Waals surface area contributed by atoms with E-state index in [2.05, 4.69) is 10.3 Å². The summed E-state index contributed by atoms with van der Waals surface area (Å²) in [5.74, 6) is -0.571. The number of aromatic nitrogens is 1. The van der Waals surface area contributed by atoms with Crippen LogP contribution in [0.5, 0.6) is 0 Å². The van der Waals surface area contributed by atoms with Crippen molar-refractivity contribution in [2.24, 2.45) is 0 Å². The highest BCUT2D eigenvalue weighted by molar-refractivity contribution is 5.86. The fourth-order valence-electron chi connectivity index (χ4n) is 3.29. The highest BCUT2D eigenvalue weighted by Gasteiger charge is 2.41. The number of hydrogen-bond donors (Lipinski definition) is 2. The Hall–Kier alpha value is -2.31. The van der Waals surface area contributed by atoms with Crippen LogP contribution in [0, 0.1) is 12.7 Å². The summed E-state index contributed by atoms with van der Waals surface area (Å²) < 4.78 is 13.0. The molecule has 0 bridgehead atoms. The van der Waals surface area contributed by atoms with Gasteiger partial charge in [-0.15, -0.1) is 0 Å². The summed E-state index contributed by atoms with van der Waals surface area (Å²) in [6.07, 6.45) is 4.70. The van der Waals surface area contributed by atoms with E-state index in [9.17, 15) is 14.3 Å². The van der Waals surface area contributed by atoms with E-state index in [-0.39, 0.29) is 18.3 Å². The largest absolute Gasteiger partial charge is 0.379 e.